The third kappa shape index (κ3) is 2.63. The highest BCUT2D eigenvalue weighted by Gasteiger charge is 2.29. The summed E-state index contributed by atoms with van der Waals surface area (Å²) in [7, 11) is 0. The van der Waals surface area contributed by atoms with Crippen molar-refractivity contribution in [3.05, 3.63) is 70.8 Å². The van der Waals surface area contributed by atoms with Crippen LogP contribution in [0, 0.1) is 0 Å². The zero-order valence-electron chi connectivity index (χ0n) is 13.7. The molecule has 2 aromatic heterocycles. The molecule has 7 nitrogen and oxygen atoms in total. The highest BCUT2D eigenvalue weighted by Crippen LogP contribution is 2.29. The number of carbonyl (C=O) groups is 1. The molecule has 0 spiro atoms. The average molecular weight is 335 g/mol. The number of anilines is 1. The monoisotopic (exact) mass is 335 g/mol. The van der Waals surface area contributed by atoms with Crippen molar-refractivity contribution in [2.45, 2.75) is 19.4 Å². The minimum atomic E-state index is -0.700. The van der Waals surface area contributed by atoms with E-state index < -0.39 is 6.04 Å². The zero-order chi connectivity index (χ0) is 17.4. The van der Waals surface area contributed by atoms with Crippen LogP contribution in [0.3, 0.4) is 0 Å². The molecule has 0 saturated heterocycles. The molecule has 1 aliphatic rings. The lowest BCUT2D eigenvalue weighted by atomic mass is 10.2. The lowest BCUT2D eigenvalue weighted by Crippen LogP contribution is -2.39. The molecule has 4 rings (SSSR count). The van der Waals surface area contributed by atoms with Crippen molar-refractivity contribution < 1.29 is 4.79 Å². The van der Waals surface area contributed by atoms with Gasteiger partial charge < -0.3 is 4.90 Å². The Bertz CT molecular complexity index is 977. The Labute approximate surface area is 144 Å². The molecule has 0 saturated carbocycles. The normalized spacial score (nSPS) is 14.4. The van der Waals surface area contributed by atoms with E-state index in [4.69, 9.17) is 0 Å². The van der Waals surface area contributed by atoms with Gasteiger partial charge in [0.05, 0.1) is 0 Å². The number of fused-ring (bicyclic) bond motifs is 1. The highest BCUT2D eigenvalue weighted by molar-refractivity contribution is 5.97. The molecular formula is C18H17N5O2. The van der Waals surface area contributed by atoms with Crippen LogP contribution in [0.5, 0.6) is 0 Å². The summed E-state index contributed by atoms with van der Waals surface area (Å²) in [5.41, 5.74) is 1.74. The first-order valence-electron chi connectivity index (χ1n) is 8.14. The Balaban J connectivity index is 1.67. The zero-order valence-corrected chi connectivity index (χ0v) is 13.7. The molecule has 1 atom stereocenters. The molecule has 0 N–H and O–H groups in total. The molecule has 1 aromatic carbocycles. The summed E-state index contributed by atoms with van der Waals surface area (Å²) < 4.78 is 2.78. The first kappa shape index (κ1) is 15.3. The number of rotatable bonds is 3. The Morgan fingerprint density at radius 1 is 1.16 bits per heavy atom. The van der Waals surface area contributed by atoms with Crippen LogP contribution in [0.25, 0.3) is 5.82 Å². The van der Waals surface area contributed by atoms with Crippen molar-refractivity contribution >= 4 is 11.6 Å². The number of hydrogen-bond acceptors (Lipinski definition) is 4. The van der Waals surface area contributed by atoms with Crippen LogP contribution >= 0.6 is 0 Å². The molecular weight excluding hydrogens is 318 g/mol. The Kier molecular flexibility index (Phi) is 3.68. The van der Waals surface area contributed by atoms with Crippen LogP contribution in [0.1, 0.15) is 18.5 Å². The molecule has 1 aliphatic heterocycles. The number of para-hydroxylation sites is 1. The lowest BCUT2D eigenvalue weighted by molar-refractivity contribution is -0.121. The fourth-order valence-corrected chi connectivity index (χ4v) is 3.12. The van der Waals surface area contributed by atoms with E-state index in [2.05, 4.69) is 10.2 Å². The van der Waals surface area contributed by atoms with Crippen molar-refractivity contribution in [1.29, 1.82) is 0 Å². The molecule has 3 aromatic rings. The minimum absolute atomic E-state index is 0.142. The molecule has 3 heterocycles. The number of amides is 1. The third-order valence-corrected chi connectivity index (χ3v) is 4.43. The first-order chi connectivity index (χ1) is 12.1. The van der Waals surface area contributed by atoms with E-state index in [1.165, 1.54) is 10.7 Å². The molecule has 0 radical (unpaired) electrons. The molecule has 1 unspecified atom stereocenters. The molecule has 25 heavy (non-hydrogen) atoms. The van der Waals surface area contributed by atoms with Gasteiger partial charge in [0.15, 0.2) is 5.82 Å². The molecule has 126 valence electrons. The number of nitrogens with zero attached hydrogens (tertiary/aromatic N) is 5. The van der Waals surface area contributed by atoms with Gasteiger partial charge in [-0.1, -0.05) is 18.2 Å². The molecule has 7 heteroatoms. The van der Waals surface area contributed by atoms with E-state index in [1.807, 2.05) is 24.3 Å². The van der Waals surface area contributed by atoms with Gasteiger partial charge in [-0.2, -0.15) is 5.10 Å². The molecule has 0 fully saturated rings. The van der Waals surface area contributed by atoms with Gasteiger partial charge in [0.2, 0.25) is 0 Å². The van der Waals surface area contributed by atoms with Crippen LogP contribution in [0.15, 0.2) is 59.7 Å². The van der Waals surface area contributed by atoms with Crippen LogP contribution < -0.4 is 10.5 Å². The van der Waals surface area contributed by atoms with Gasteiger partial charge in [0, 0.05) is 30.7 Å². The van der Waals surface area contributed by atoms with Gasteiger partial charge >= 0.3 is 0 Å². The van der Waals surface area contributed by atoms with Crippen molar-refractivity contribution in [2.75, 3.05) is 11.4 Å². The van der Waals surface area contributed by atoms with Gasteiger partial charge in [-0.15, -0.1) is 5.10 Å². The second-order valence-corrected chi connectivity index (χ2v) is 5.97. The standard InChI is InChI=1S/C18H17N5O2/c1-13(18(25)21-12-9-14-5-2-3-6-15(14)21)23-17(24)8-7-16(20-23)22-11-4-10-19-22/h2-8,10-11,13H,9,12H2,1H3. The number of benzene rings is 1. The number of carbonyl (C=O) groups excluding carboxylic acids is 1. The average Bonchev–Trinajstić information content (AvgIpc) is 3.31. The second kappa shape index (κ2) is 6.01. The SMILES string of the molecule is CC(C(=O)N1CCc2ccccc21)n1nc(-n2cccn2)ccc1=O. The fourth-order valence-electron chi connectivity index (χ4n) is 3.12. The molecule has 1 amide bonds. The predicted octanol–water partition coefficient (Wildman–Crippen LogP) is 1.58. The smallest absolute Gasteiger partial charge is 0.267 e. The van der Waals surface area contributed by atoms with Crippen molar-refractivity contribution in [3.8, 4) is 5.82 Å². The number of hydrogen-bond donors (Lipinski definition) is 0. The molecule has 0 aliphatic carbocycles. The maximum Gasteiger partial charge on any atom is 0.267 e. The summed E-state index contributed by atoms with van der Waals surface area (Å²) in [5, 5.41) is 8.43. The summed E-state index contributed by atoms with van der Waals surface area (Å²) in [6, 6.07) is 11.9. The van der Waals surface area contributed by atoms with Crippen LogP contribution in [0.2, 0.25) is 0 Å². The first-order valence-corrected chi connectivity index (χ1v) is 8.14. The van der Waals surface area contributed by atoms with Crippen LogP contribution in [-0.4, -0.2) is 32.0 Å². The summed E-state index contributed by atoms with van der Waals surface area (Å²) in [5.74, 6) is 0.350. The van der Waals surface area contributed by atoms with E-state index >= 15 is 0 Å². The lowest BCUT2D eigenvalue weighted by Gasteiger charge is -2.22. The third-order valence-electron chi connectivity index (χ3n) is 4.43. The fraction of sp³-hybridized carbons (Fsp3) is 0.222. The van der Waals surface area contributed by atoms with E-state index in [0.717, 1.165) is 17.7 Å². The largest absolute Gasteiger partial charge is 0.310 e. The van der Waals surface area contributed by atoms with E-state index in [-0.39, 0.29) is 11.5 Å². The summed E-state index contributed by atoms with van der Waals surface area (Å²) in [6.45, 7) is 2.32. The van der Waals surface area contributed by atoms with Gasteiger partial charge in [0.1, 0.15) is 6.04 Å². The van der Waals surface area contributed by atoms with Crippen molar-refractivity contribution in [3.63, 3.8) is 0 Å². The number of aromatic nitrogens is 4. The van der Waals surface area contributed by atoms with Crippen LogP contribution in [-0.2, 0) is 11.2 Å². The van der Waals surface area contributed by atoms with Crippen molar-refractivity contribution in [1.82, 2.24) is 19.6 Å². The topological polar surface area (TPSA) is 73.0 Å². The van der Waals surface area contributed by atoms with E-state index in [0.29, 0.717) is 12.4 Å². The van der Waals surface area contributed by atoms with E-state index in [1.54, 1.807) is 41.0 Å². The minimum Gasteiger partial charge on any atom is -0.310 e. The summed E-state index contributed by atoms with van der Waals surface area (Å²) in [4.78, 5) is 26.9. The van der Waals surface area contributed by atoms with Gasteiger partial charge in [-0.3, -0.25) is 9.59 Å². The Hall–Kier alpha value is -3.22. The van der Waals surface area contributed by atoms with Gasteiger partial charge in [0.25, 0.3) is 11.5 Å². The maximum absolute atomic E-state index is 13.0. The Morgan fingerprint density at radius 3 is 2.80 bits per heavy atom. The van der Waals surface area contributed by atoms with Gasteiger partial charge in [-0.25, -0.2) is 9.36 Å². The van der Waals surface area contributed by atoms with E-state index in [9.17, 15) is 9.59 Å². The van der Waals surface area contributed by atoms with Crippen molar-refractivity contribution in [2.24, 2.45) is 0 Å². The molecule has 0 bridgehead atoms. The van der Waals surface area contributed by atoms with Crippen LogP contribution in [0.4, 0.5) is 5.69 Å². The quantitative estimate of drug-likeness (QED) is 0.728. The Morgan fingerprint density at radius 2 is 2.00 bits per heavy atom. The summed E-state index contributed by atoms with van der Waals surface area (Å²) in [6.07, 6.45) is 4.19. The highest BCUT2D eigenvalue weighted by atomic mass is 16.2. The maximum atomic E-state index is 13.0. The summed E-state index contributed by atoms with van der Waals surface area (Å²) >= 11 is 0. The predicted molar refractivity (Wildman–Crippen MR) is 92.8 cm³/mol. The second-order valence-electron chi connectivity index (χ2n) is 5.97. The van der Waals surface area contributed by atoms with Gasteiger partial charge in [-0.05, 0) is 37.1 Å².